The van der Waals surface area contributed by atoms with Gasteiger partial charge in [-0.15, -0.1) is 0 Å². The molecule has 3 unspecified atom stereocenters. The maximum atomic E-state index is 12.1. The number of rotatable bonds is 10. The highest BCUT2D eigenvalue weighted by Gasteiger charge is 2.54. The summed E-state index contributed by atoms with van der Waals surface area (Å²) in [7, 11) is 3.78. The van der Waals surface area contributed by atoms with Crippen LogP contribution in [0.2, 0.25) is 0 Å². The van der Waals surface area contributed by atoms with Gasteiger partial charge < -0.3 is 14.0 Å². The molecule has 1 aromatic carbocycles. The van der Waals surface area contributed by atoms with Gasteiger partial charge in [0.25, 0.3) is 0 Å². The third-order valence-electron chi connectivity index (χ3n) is 6.10. The summed E-state index contributed by atoms with van der Waals surface area (Å²) in [5.74, 6) is 0.618. The van der Waals surface area contributed by atoms with Crippen molar-refractivity contribution < 1.29 is 18.8 Å². The summed E-state index contributed by atoms with van der Waals surface area (Å²) >= 11 is 0. The summed E-state index contributed by atoms with van der Waals surface area (Å²) < 4.78 is 11.8. The second-order valence-corrected chi connectivity index (χ2v) is 7.41. The molecular weight excluding hydrogens is 314 g/mol. The van der Waals surface area contributed by atoms with E-state index in [2.05, 4.69) is 33.0 Å². The van der Waals surface area contributed by atoms with Crippen LogP contribution < -0.4 is 0 Å². The van der Waals surface area contributed by atoms with Crippen LogP contribution in [0.3, 0.4) is 0 Å². The number of hydrogen-bond donors (Lipinski definition) is 0. The summed E-state index contributed by atoms with van der Waals surface area (Å²) in [5.41, 5.74) is 1.22. The van der Waals surface area contributed by atoms with Gasteiger partial charge in [0.05, 0.1) is 33.9 Å². The van der Waals surface area contributed by atoms with E-state index < -0.39 is 0 Å². The minimum absolute atomic E-state index is 0.0344. The standard InChI is InChI=1S/C21H34NO3/c1-5-22(3,6-2)20-18(15-19(20)21(23)24-4)13-10-14-25-16-17-11-8-7-9-12-17/h7-9,11-12,18-20H,5-6,10,13-16H2,1-4H3/q+1. The predicted octanol–water partition coefficient (Wildman–Crippen LogP) is 3.65. The fraction of sp³-hybridized carbons (Fsp3) is 0.667. The van der Waals surface area contributed by atoms with Crippen LogP contribution in [0.1, 0.15) is 38.7 Å². The van der Waals surface area contributed by atoms with Gasteiger partial charge in [-0.05, 0) is 38.7 Å². The Morgan fingerprint density at radius 3 is 2.48 bits per heavy atom. The van der Waals surface area contributed by atoms with Crippen molar-refractivity contribution in [2.75, 3.05) is 33.9 Å². The Labute approximate surface area is 152 Å². The largest absolute Gasteiger partial charge is 0.469 e. The molecule has 1 saturated carbocycles. The molecule has 0 amide bonds. The van der Waals surface area contributed by atoms with E-state index in [1.807, 2.05) is 18.2 Å². The highest BCUT2D eigenvalue weighted by atomic mass is 16.5. The average molecular weight is 349 g/mol. The molecule has 4 heteroatoms. The lowest BCUT2D eigenvalue weighted by molar-refractivity contribution is -0.943. The summed E-state index contributed by atoms with van der Waals surface area (Å²) in [4.78, 5) is 12.1. The number of carbonyl (C=O) groups excluding carboxylic acids is 1. The predicted molar refractivity (Wildman–Crippen MR) is 100.0 cm³/mol. The van der Waals surface area contributed by atoms with E-state index in [0.29, 0.717) is 18.6 Å². The second-order valence-electron chi connectivity index (χ2n) is 7.41. The van der Waals surface area contributed by atoms with Crippen LogP contribution in [0.25, 0.3) is 0 Å². The lowest BCUT2D eigenvalue weighted by atomic mass is 9.66. The quantitative estimate of drug-likeness (QED) is 0.368. The number of esters is 1. The fourth-order valence-electron chi connectivity index (χ4n) is 4.21. The number of quaternary nitrogens is 1. The SMILES string of the molecule is CC[N+](C)(CC)C1C(CCCOCc2ccccc2)CC1C(=O)OC. The van der Waals surface area contributed by atoms with Crippen LogP contribution in [0.5, 0.6) is 0 Å². The van der Waals surface area contributed by atoms with Gasteiger partial charge in [-0.2, -0.15) is 0 Å². The van der Waals surface area contributed by atoms with Gasteiger partial charge in [0.1, 0.15) is 12.0 Å². The highest BCUT2D eigenvalue weighted by molar-refractivity contribution is 5.74. The second kappa shape index (κ2) is 9.35. The molecule has 0 aromatic heterocycles. The first-order valence-corrected chi connectivity index (χ1v) is 9.59. The molecule has 25 heavy (non-hydrogen) atoms. The van der Waals surface area contributed by atoms with Gasteiger partial charge in [-0.3, -0.25) is 4.79 Å². The van der Waals surface area contributed by atoms with Crippen LogP contribution in [0.4, 0.5) is 0 Å². The molecule has 3 atom stereocenters. The first-order valence-electron chi connectivity index (χ1n) is 9.59. The van der Waals surface area contributed by atoms with E-state index in [-0.39, 0.29) is 11.9 Å². The van der Waals surface area contributed by atoms with Gasteiger partial charge in [-0.25, -0.2) is 0 Å². The molecule has 0 aliphatic heterocycles. The number of benzene rings is 1. The number of nitrogens with zero attached hydrogens (tertiary/aromatic N) is 1. The van der Waals surface area contributed by atoms with Crippen LogP contribution in [0, 0.1) is 11.8 Å². The summed E-state index contributed by atoms with van der Waals surface area (Å²) in [6.45, 7) is 8.00. The van der Waals surface area contributed by atoms with E-state index in [9.17, 15) is 4.79 Å². The average Bonchev–Trinajstić information content (AvgIpc) is 2.63. The van der Waals surface area contributed by atoms with Crippen molar-refractivity contribution in [1.82, 2.24) is 0 Å². The highest BCUT2D eigenvalue weighted by Crippen LogP contribution is 2.44. The number of hydrogen-bond acceptors (Lipinski definition) is 3. The van der Waals surface area contributed by atoms with Gasteiger partial charge in [0.2, 0.25) is 0 Å². The summed E-state index contributed by atoms with van der Waals surface area (Å²) in [5, 5.41) is 0. The zero-order valence-electron chi connectivity index (χ0n) is 16.2. The van der Waals surface area contributed by atoms with Crippen molar-refractivity contribution in [3.63, 3.8) is 0 Å². The molecule has 4 nitrogen and oxygen atoms in total. The Kier molecular flexibility index (Phi) is 7.45. The van der Waals surface area contributed by atoms with Crippen LogP contribution in [-0.4, -0.2) is 50.3 Å². The molecule has 1 fully saturated rings. The molecule has 1 aliphatic rings. The van der Waals surface area contributed by atoms with Gasteiger partial charge in [0, 0.05) is 12.5 Å². The normalized spacial score (nSPS) is 23.1. The van der Waals surface area contributed by atoms with E-state index in [1.54, 1.807) is 0 Å². The monoisotopic (exact) mass is 348 g/mol. The first kappa shape index (κ1) is 19.9. The lowest BCUT2D eigenvalue weighted by Gasteiger charge is -2.53. The third kappa shape index (κ3) is 4.83. The third-order valence-corrected chi connectivity index (χ3v) is 6.10. The van der Waals surface area contributed by atoms with Crippen LogP contribution in [0.15, 0.2) is 30.3 Å². The van der Waals surface area contributed by atoms with Crippen molar-refractivity contribution in [3.8, 4) is 0 Å². The first-order chi connectivity index (χ1) is 12.1. The van der Waals surface area contributed by atoms with Crippen LogP contribution in [-0.2, 0) is 20.9 Å². The minimum Gasteiger partial charge on any atom is -0.469 e. The van der Waals surface area contributed by atoms with E-state index >= 15 is 0 Å². The molecule has 1 aliphatic carbocycles. The number of ether oxygens (including phenoxy) is 2. The topological polar surface area (TPSA) is 35.5 Å². The smallest absolute Gasteiger partial charge is 0.314 e. The Morgan fingerprint density at radius 2 is 1.88 bits per heavy atom. The summed E-state index contributed by atoms with van der Waals surface area (Å²) in [6, 6.07) is 10.7. The molecule has 0 spiro atoms. The molecule has 0 radical (unpaired) electrons. The van der Waals surface area contributed by atoms with Gasteiger partial charge >= 0.3 is 5.97 Å². The van der Waals surface area contributed by atoms with Gasteiger partial charge in [0.15, 0.2) is 0 Å². The fourth-order valence-corrected chi connectivity index (χ4v) is 4.21. The Hall–Kier alpha value is -1.39. The molecule has 0 saturated heterocycles. The van der Waals surface area contributed by atoms with Crippen molar-refractivity contribution in [1.29, 1.82) is 0 Å². The Balaban J connectivity index is 1.81. The number of methoxy groups -OCH3 is 1. The van der Waals surface area contributed by atoms with E-state index in [0.717, 1.165) is 43.4 Å². The maximum absolute atomic E-state index is 12.1. The molecular formula is C21H34NO3+. The van der Waals surface area contributed by atoms with E-state index in [1.165, 1.54) is 12.7 Å². The van der Waals surface area contributed by atoms with Crippen molar-refractivity contribution >= 4 is 5.97 Å². The summed E-state index contributed by atoms with van der Waals surface area (Å²) in [6.07, 6.45) is 3.14. The van der Waals surface area contributed by atoms with Crippen molar-refractivity contribution in [3.05, 3.63) is 35.9 Å². The molecule has 0 heterocycles. The molecule has 0 N–H and O–H groups in total. The van der Waals surface area contributed by atoms with Crippen molar-refractivity contribution in [2.45, 2.75) is 45.8 Å². The lowest BCUT2D eigenvalue weighted by Crippen LogP contribution is -2.65. The molecule has 140 valence electrons. The molecule has 0 bridgehead atoms. The molecule has 2 rings (SSSR count). The Morgan fingerprint density at radius 1 is 1.20 bits per heavy atom. The maximum Gasteiger partial charge on any atom is 0.314 e. The number of carbonyl (C=O) groups is 1. The minimum atomic E-state index is -0.0344. The van der Waals surface area contributed by atoms with E-state index in [4.69, 9.17) is 9.47 Å². The van der Waals surface area contributed by atoms with Gasteiger partial charge in [-0.1, -0.05) is 30.3 Å². The molecule has 1 aromatic rings. The van der Waals surface area contributed by atoms with Crippen LogP contribution >= 0.6 is 0 Å². The zero-order valence-corrected chi connectivity index (χ0v) is 16.2. The zero-order chi connectivity index (χ0) is 18.3. The van der Waals surface area contributed by atoms with Crippen molar-refractivity contribution in [2.24, 2.45) is 11.8 Å². The Bertz CT molecular complexity index is 527.